The number of thioether (sulfide) groups is 1. The molecule has 6 nitrogen and oxygen atoms in total. The number of benzene rings is 1. The molecule has 1 aromatic carbocycles. The molecule has 0 atom stereocenters. The number of aromatic amines is 1. The highest BCUT2D eigenvalue weighted by molar-refractivity contribution is 7.99. The number of hydrogen-bond donors (Lipinski definition) is 2. The molecule has 2 heterocycles. The first-order chi connectivity index (χ1) is 13.5. The minimum absolute atomic E-state index is 0.0459. The summed E-state index contributed by atoms with van der Waals surface area (Å²) in [7, 11) is 0. The fraction of sp³-hybridized carbons (Fsp3) is 0.300. The van der Waals surface area contributed by atoms with Crippen molar-refractivity contribution in [3.8, 4) is 0 Å². The number of Topliss-reactive ketones (excluding diaryl/α,β-unsaturated/α-hetero) is 1. The van der Waals surface area contributed by atoms with Gasteiger partial charge in [0.05, 0.1) is 16.9 Å². The van der Waals surface area contributed by atoms with Crippen LogP contribution in [-0.2, 0) is 23.4 Å². The van der Waals surface area contributed by atoms with Crippen LogP contribution in [-0.4, -0.2) is 27.4 Å². The molecule has 4 rings (SSSR count). The Kier molecular flexibility index (Phi) is 5.32. The quantitative estimate of drug-likeness (QED) is 0.603. The number of amides is 1. The van der Waals surface area contributed by atoms with E-state index in [1.54, 1.807) is 35.6 Å². The van der Waals surface area contributed by atoms with Crippen LogP contribution in [0, 0.1) is 0 Å². The van der Waals surface area contributed by atoms with Gasteiger partial charge in [0.2, 0.25) is 5.91 Å². The van der Waals surface area contributed by atoms with E-state index in [1.165, 1.54) is 29.1 Å². The summed E-state index contributed by atoms with van der Waals surface area (Å²) in [5.41, 5.74) is 2.24. The highest BCUT2D eigenvalue weighted by Crippen LogP contribution is 2.34. The first-order valence-electron chi connectivity index (χ1n) is 9.03. The molecule has 1 aliphatic rings. The fourth-order valence-corrected chi connectivity index (χ4v) is 5.34. The van der Waals surface area contributed by atoms with Crippen molar-refractivity contribution in [3.05, 3.63) is 56.4 Å². The van der Waals surface area contributed by atoms with Crippen LogP contribution in [0.4, 0.5) is 5.69 Å². The molecule has 2 N–H and O–H groups in total. The molecule has 1 amide bonds. The number of fused-ring (bicyclic) bond motifs is 3. The summed E-state index contributed by atoms with van der Waals surface area (Å²) < 4.78 is 0. The Labute approximate surface area is 169 Å². The zero-order chi connectivity index (χ0) is 19.7. The van der Waals surface area contributed by atoms with E-state index in [2.05, 4.69) is 15.3 Å². The number of carbonyl (C=O) groups excluding carboxylic acids is 2. The number of aromatic nitrogens is 2. The molecular formula is C20H19N3O3S2. The number of aryl methyl sites for hydroxylation is 2. The van der Waals surface area contributed by atoms with Crippen molar-refractivity contribution in [3.63, 3.8) is 0 Å². The maximum atomic E-state index is 12.4. The van der Waals surface area contributed by atoms with E-state index in [-0.39, 0.29) is 23.0 Å². The van der Waals surface area contributed by atoms with Gasteiger partial charge < -0.3 is 10.3 Å². The monoisotopic (exact) mass is 413 g/mol. The number of nitrogens with one attached hydrogen (secondary N) is 2. The van der Waals surface area contributed by atoms with Crippen molar-refractivity contribution in [2.24, 2.45) is 0 Å². The number of carbonyl (C=O) groups is 2. The van der Waals surface area contributed by atoms with Gasteiger partial charge in [-0.1, -0.05) is 12.1 Å². The molecule has 0 unspecified atom stereocenters. The lowest BCUT2D eigenvalue weighted by Crippen LogP contribution is -2.15. The lowest BCUT2D eigenvalue weighted by molar-refractivity contribution is -0.113. The molecule has 0 spiro atoms. The number of hydrogen-bond acceptors (Lipinski definition) is 6. The van der Waals surface area contributed by atoms with E-state index in [0.717, 1.165) is 29.5 Å². The van der Waals surface area contributed by atoms with E-state index in [0.29, 0.717) is 22.8 Å². The fourth-order valence-electron chi connectivity index (χ4n) is 3.37. The molecule has 0 aliphatic heterocycles. The van der Waals surface area contributed by atoms with Crippen molar-refractivity contribution in [1.29, 1.82) is 0 Å². The zero-order valence-corrected chi connectivity index (χ0v) is 17.0. The molecule has 144 valence electrons. The summed E-state index contributed by atoms with van der Waals surface area (Å²) in [6, 6.07) is 6.86. The Morgan fingerprint density at radius 3 is 3.00 bits per heavy atom. The lowest BCUT2D eigenvalue weighted by Gasteiger charge is -2.06. The smallest absolute Gasteiger partial charge is 0.259 e. The van der Waals surface area contributed by atoms with E-state index in [1.807, 2.05) is 0 Å². The predicted octanol–water partition coefficient (Wildman–Crippen LogP) is 3.55. The summed E-state index contributed by atoms with van der Waals surface area (Å²) in [5, 5.41) is 3.53. The van der Waals surface area contributed by atoms with Crippen LogP contribution in [0.3, 0.4) is 0 Å². The standard InChI is InChI=1S/C20H19N3O3S2/c1-11(24)12-4-2-5-13(8-12)21-17(25)10-27-9-16-22-19(26)18-14-6-3-7-15(14)28-20(18)23-16/h2,4-5,8H,3,6-7,9-10H2,1H3,(H,21,25)(H,22,23,26). The van der Waals surface area contributed by atoms with Gasteiger partial charge in [0.25, 0.3) is 5.56 Å². The van der Waals surface area contributed by atoms with E-state index in [4.69, 9.17) is 0 Å². The normalized spacial score (nSPS) is 12.9. The topological polar surface area (TPSA) is 91.9 Å². The minimum atomic E-state index is -0.163. The Bertz CT molecular complexity index is 1130. The third kappa shape index (κ3) is 3.88. The van der Waals surface area contributed by atoms with Crippen LogP contribution >= 0.6 is 23.1 Å². The molecule has 0 saturated carbocycles. The van der Waals surface area contributed by atoms with Crippen molar-refractivity contribution >= 4 is 50.7 Å². The minimum Gasteiger partial charge on any atom is -0.325 e. The largest absolute Gasteiger partial charge is 0.325 e. The number of anilines is 1. The van der Waals surface area contributed by atoms with Crippen LogP contribution in [0.1, 0.15) is 40.0 Å². The van der Waals surface area contributed by atoms with Gasteiger partial charge in [-0.15, -0.1) is 23.1 Å². The van der Waals surface area contributed by atoms with E-state index in [9.17, 15) is 14.4 Å². The Morgan fingerprint density at radius 2 is 2.18 bits per heavy atom. The number of nitrogens with zero attached hydrogens (tertiary/aromatic N) is 1. The van der Waals surface area contributed by atoms with Crippen LogP contribution in [0.2, 0.25) is 0 Å². The van der Waals surface area contributed by atoms with Crippen LogP contribution < -0.4 is 10.9 Å². The Balaban J connectivity index is 1.37. The summed E-state index contributed by atoms with van der Waals surface area (Å²) in [6.07, 6.45) is 3.10. The maximum Gasteiger partial charge on any atom is 0.259 e. The Hall–Kier alpha value is -2.45. The molecule has 2 aromatic heterocycles. The molecule has 0 fully saturated rings. The van der Waals surface area contributed by atoms with Crippen molar-refractivity contribution in [2.45, 2.75) is 31.9 Å². The number of ketones is 1. The molecule has 1 aliphatic carbocycles. The number of H-pyrrole nitrogens is 1. The summed E-state index contributed by atoms with van der Waals surface area (Å²) in [6.45, 7) is 1.49. The van der Waals surface area contributed by atoms with Gasteiger partial charge in [0.1, 0.15) is 10.7 Å². The zero-order valence-electron chi connectivity index (χ0n) is 15.3. The van der Waals surface area contributed by atoms with Crippen LogP contribution in [0.15, 0.2) is 29.1 Å². The molecule has 8 heteroatoms. The number of rotatable bonds is 6. The van der Waals surface area contributed by atoms with Gasteiger partial charge in [0.15, 0.2) is 5.78 Å². The SMILES string of the molecule is CC(=O)c1cccc(NC(=O)CSCc2nc3sc4c(c3c(=O)[nH]2)CCC4)c1. The van der Waals surface area contributed by atoms with Crippen LogP contribution in [0.5, 0.6) is 0 Å². The average Bonchev–Trinajstić information content (AvgIpc) is 3.22. The van der Waals surface area contributed by atoms with Crippen molar-refractivity contribution in [2.75, 3.05) is 11.1 Å². The molecule has 0 radical (unpaired) electrons. The molecular weight excluding hydrogens is 394 g/mol. The van der Waals surface area contributed by atoms with Crippen molar-refractivity contribution < 1.29 is 9.59 Å². The van der Waals surface area contributed by atoms with E-state index < -0.39 is 0 Å². The van der Waals surface area contributed by atoms with Gasteiger partial charge in [0, 0.05) is 16.1 Å². The van der Waals surface area contributed by atoms with Gasteiger partial charge in [-0.25, -0.2) is 4.98 Å². The first-order valence-corrected chi connectivity index (χ1v) is 11.0. The highest BCUT2D eigenvalue weighted by Gasteiger charge is 2.21. The summed E-state index contributed by atoms with van der Waals surface area (Å²) >= 11 is 3.00. The summed E-state index contributed by atoms with van der Waals surface area (Å²) in [5.74, 6) is 1.07. The van der Waals surface area contributed by atoms with E-state index >= 15 is 0 Å². The van der Waals surface area contributed by atoms with Gasteiger partial charge in [-0.2, -0.15) is 0 Å². The first kappa shape index (κ1) is 18.9. The van der Waals surface area contributed by atoms with Gasteiger partial charge in [-0.3, -0.25) is 14.4 Å². The van der Waals surface area contributed by atoms with Crippen molar-refractivity contribution in [1.82, 2.24) is 9.97 Å². The maximum absolute atomic E-state index is 12.4. The highest BCUT2D eigenvalue weighted by atomic mass is 32.2. The molecule has 3 aromatic rings. The summed E-state index contributed by atoms with van der Waals surface area (Å²) in [4.78, 5) is 45.5. The van der Waals surface area contributed by atoms with Gasteiger partial charge in [-0.05, 0) is 43.9 Å². The lowest BCUT2D eigenvalue weighted by atomic mass is 10.1. The molecule has 28 heavy (non-hydrogen) atoms. The molecule has 0 saturated heterocycles. The average molecular weight is 414 g/mol. The van der Waals surface area contributed by atoms with Crippen LogP contribution in [0.25, 0.3) is 10.2 Å². The second kappa shape index (κ2) is 7.89. The second-order valence-corrected chi connectivity index (χ2v) is 8.80. The molecule has 0 bridgehead atoms. The second-order valence-electron chi connectivity index (χ2n) is 6.73. The van der Waals surface area contributed by atoms with Gasteiger partial charge >= 0.3 is 0 Å². The Morgan fingerprint density at radius 1 is 1.32 bits per heavy atom. The third-order valence-corrected chi connectivity index (χ3v) is 6.78. The predicted molar refractivity (Wildman–Crippen MR) is 114 cm³/mol. The number of thiophene rings is 1. The third-order valence-electron chi connectivity index (χ3n) is 4.65.